The van der Waals surface area contributed by atoms with Gasteiger partial charge in [0.1, 0.15) is 5.82 Å². The molecular weight excluding hydrogens is 256 g/mol. The fraction of sp³-hybridized carbons (Fsp3) is 0. The summed E-state index contributed by atoms with van der Waals surface area (Å²) in [5, 5.41) is 10.7. The average molecular weight is 266 g/mol. The molecule has 0 saturated carbocycles. The third kappa shape index (κ3) is 2.39. The minimum atomic E-state index is -0.424. The summed E-state index contributed by atoms with van der Waals surface area (Å²) in [6, 6.07) is 8.31. The lowest BCUT2D eigenvalue weighted by molar-refractivity contribution is -0.384. The van der Waals surface area contributed by atoms with E-state index in [0.29, 0.717) is 16.9 Å². The van der Waals surface area contributed by atoms with Crippen LogP contribution >= 0.6 is 0 Å². The van der Waals surface area contributed by atoms with Crippen LogP contribution in [0.2, 0.25) is 0 Å². The molecule has 0 aliphatic rings. The van der Waals surface area contributed by atoms with Crippen LogP contribution in [0.25, 0.3) is 23.2 Å². The number of aromatic amines is 1. The van der Waals surface area contributed by atoms with E-state index < -0.39 is 4.92 Å². The van der Waals surface area contributed by atoms with Gasteiger partial charge in [-0.05, 0) is 29.8 Å². The normalized spacial score (nSPS) is 11.2. The van der Waals surface area contributed by atoms with Gasteiger partial charge in [-0.15, -0.1) is 0 Å². The van der Waals surface area contributed by atoms with Crippen molar-refractivity contribution in [2.24, 2.45) is 0 Å². The molecule has 3 aromatic rings. The van der Waals surface area contributed by atoms with E-state index in [4.69, 9.17) is 0 Å². The number of nitrogens with zero attached hydrogens (tertiary/aromatic N) is 3. The fourth-order valence-electron chi connectivity index (χ4n) is 1.86. The number of non-ortho nitro benzene ring substituents is 1. The zero-order valence-electron chi connectivity index (χ0n) is 10.4. The molecule has 0 bridgehead atoms. The maximum Gasteiger partial charge on any atom is 0.271 e. The molecule has 1 N–H and O–H groups in total. The number of hydrogen-bond donors (Lipinski definition) is 1. The third-order valence-corrected chi connectivity index (χ3v) is 2.83. The number of nitro groups is 1. The lowest BCUT2D eigenvalue weighted by Gasteiger charge is -1.89. The second kappa shape index (κ2) is 4.93. The first kappa shape index (κ1) is 12.0. The molecule has 0 spiro atoms. The van der Waals surface area contributed by atoms with Crippen molar-refractivity contribution < 1.29 is 4.92 Å². The Bertz CT molecular complexity index is 793. The lowest BCUT2D eigenvalue weighted by Crippen LogP contribution is -1.86. The molecule has 0 atom stereocenters. The number of H-pyrrole nitrogens is 1. The largest absolute Gasteiger partial charge is 0.338 e. The van der Waals surface area contributed by atoms with E-state index in [0.717, 1.165) is 5.56 Å². The van der Waals surface area contributed by atoms with E-state index in [9.17, 15) is 10.1 Å². The Hall–Kier alpha value is -3.02. The molecule has 20 heavy (non-hydrogen) atoms. The number of nitro benzene ring substituents is 1. The first-order valence-corrected chi connectivity index (χ1v) is 5.95. The predicted octanol–water partition coefficient (Wildman–Crippen LogP) is 3.04. The SMILES string of the molecule is O=[N+]([O-])c1ccc2nc(/C=C/c3ccncc3)[nH]c2c1. The summed E-state index contributed by atoms with van der Waals surface area (Å²) in [6.45, 7) is 0. The summed E-state index contributed by atoms with van der Waals surface area (Å²) in [5.41, 5.74) is 2.40. The summed E-state index contributed by atoms with van der Waals surface area (Å²) < 4.78 is 0. The summed E-state index contributed by atoms with van der Waals surface area (Å²) in [4.78, 5) is 21.6. The number of benzene rings is 1. The van der Waals surface area contributed by atoms with Gasteiger partial charge in [0.15, 0.2) is 0 Å². The number of aromatic nitrogens is 3. The Morgan fingerprint density at radius 3 is 2.70 bits per heavy atom. The standard InChI is InChI=1S/C14H10N4O2/c19-18(20)11-2-3-12-13(9-11)17-14(16-12)4-1-10-5-7-15-8-6-10/h1-9H,(H,16,17)/b4-1+. The second-order valence-corrected chi connectivity index (χ2v) is 4.19. The monoisotopic (exact) mass is 266 g/mol. The van der Waals surface area contributed by atoms with Crippen LogP contribution in [-0.2, 0) is 0 Å². The molecule has 0 saturated heterocycles. The Balaban J connectivity index is 1.93. The van der Waals surface area contributed by atoms with Crippen LogP contribution in [0.5, 0.6) is 0 Å². The molecule has 6 heteroatoms. The lowest BCUT2D eigenvalue weighted by atomic mass is 10.2. The van der Waals surface area contributed by atoms with Gasteiger partial charge >= 0.3 is 0 Å². The van der Waals surface area contributed by atoms with Crippen LogP contribution in [-0.4, -0.2) is 19.9 Å². The first-order valence-electron chi connectivity index (χ1n) is 5.95. The van der Waals surface area contributed by atoms with Gasteiger partial charge in [0, 0.05) is 24.5 Å². The van der Waals surface area contributed by atoms with Crippen molar-refractivity contribution in [3.63, 3.8) is 0 Å². The first-order chi connectivity index (χ1) is 9.72. The van der Waals surface area contributed by atoms with Gasteiger partial charge in [-0.3, -0.25) is 15.1 Å². The Kier molecular flexibility index (Phi) is 2.96. The molecule has 0 radical (unpaired) electrons. The average Bonchev–Trinajstić information content (AvgIpc) is 2.88. The van der Waals surface area contributed by atoms with Crippen LogP contribution in [0.3, 0.4) is 0 Å². The van der Waals surface area contributed by atoms with E-state index >= 15 is 0 Å². The molecule has 1 aromatic carbocycles. The maximum absolute atomic E-state index is 10.7. The van der Waals surface area contributed by atoms with E-state index in [2.05, 4.69) is 15.0 Å². The topological polar surface area (TPSA) is 84.7 Å². The highest BCUT2D eigenvalue weighted by Crippen LogP contribution is 2.19. The summed E-state index contributed by atoms with van der Waals surface area (Å²) in [5.74, 6) is 0.650. The van der Waals surface area contributed by atoms with Gasteiger partial charge in [-0.1, -0.05) is 6.08 Å². The number of nitrogens with one attached hydrogen (secondary N) is 1. The molecule has 2 aromatic heterocycles. The molecule has 98 valence electrons. The van der Waals surface area contributed by atoms with Gasteiger partial charge in [-0.25, -0.2) is 4.98 Å². The molecule has 0 aliphatic heterocycles. The van der Waals surface area contributed by atoms with Crippen molar-refractivity contribution in [2.45, 2.75) is 0 Å². The van der Waals surface area contributed by atoms with Crippen LogP contribution in [0.4, 0.5) is 5.69 Å². The smallest absolute Gasteiger partial charge is 0.271 e. The van der Waals surface area contributed by atoms with Gasteiger partial charge < -0.3 is 4.98 Å². The molecule has 2 heterocycles. The summed E-state index contributed by atoms with van der Waals surface area (Å²) in [7, 11) is 0. The van der Waals surface area contributed by atoms with Crippen molar-refractivity contribution in [3.8, 4) is 0 Å². The van der Waals surface area contributed by atoms with Crippen molar-refractivity contribution in [1.82, 2.24) is 15.0 Å². The van der Waals surface area contributed by atoms with Crippen molar-refractivity contribution in [3.05, 3.63) is 64.2 Å². The van der Waals surface area contributed by atoms with Gasteiger partial charge in [-0.2, -0.15) is 0 Å². The zero-order chi connectivity index (χ0) is 13.9. The number of pyridine rings is 1. The minimum Gasteiger partial charge on any atom is -0.338 e. The molecule has 6 nitrogen and oxygen atoms in total. The van der Waals surface area contributed by atoms with Crippen LogP contribution in [0, 0.1) is 10.1 Å². The summed E-state index contributed by atoms with van der Waals surface area (Å²) in [6.07, 6.45) is 7.14. The van der Waals surface area contributed by atoms with Crippen molar-refractivity contribution in [2.75, 3.05) is 0 Å². The van der Waals surface area contributed by atoms with E-state index in [1.54, 1.807) is 18.5 Å². The fourth-order valence-corrected chi connectivity index (χ4v) is 1.86. The molecule has 0 fully saturated rings. The number of hydrogen-bond acceptors (Lipinski definition) is 4. The Morgan fingerprint density at radius 1 is 1.15 bits per heavy atom. The Morgan fingerprint density at radius 2 is 1.95 bits per heavy atom. The highest BCUT2D eigenvalue weighted by molar-refractivity contribution is 5.80. The van der Waals surface area contributed by atoms with Crippen LogP contribution in [0.1, 0.15) is 11.4 Å². The molecule has 0 aliphatic carbocycles. The number of imidazole rings is 1. The molecule has 0 amide bonds. The van der Waals surface area contributed by atoms with Crippen molar-refractivity contribution in [1.29, 1.82) is 0 Å². The number of fused-ring (bicyclic) bond motifs is 1. The van der Waals surface area contributed by atoms with Gasteiger partial charge in [0.25, 0.3) is 5.69 Å². The van der Waals surface area contributed by atoms with Crippen molar-refractivity contribution >= 4 is 28.9 Å². The Labute approximate surface area is 114 Å². The molecular formula is C14H10N4O2. The third-order valence-electron chi connectivity index (χ3n) is 2.83. The highest BCUT2D eigenvalue weighted by Gasteiger charge is 2.08. The maximum atomic E-state index is 10.7. The molecule has 3 rings (SSSR count). The summed E-state index contributed by atoms with van der Waals surface area (Å²) >= 11 is 0. The second-order valence-electron chi connectivity index (χ2n) is 4.19. The van der Waals surface area contributed by atoms with E-state index in [1.165, 1.54) is 12.1 Å². The molecule has 0 unspecified atom stereocenters. The number of rotatable bonds is 3. The highest BCUT2D eigenvalue weighted by atomic mass is 16.6. The van der Waals surface area contributed by atoms with Gasteiger partial charge in [0.05, 0.1) is 16.0 Å². The quantitative estimate of drug-likeness (QED) is 0.583. The minimum absolute atomic E-state index is 0.0470. The van der Waals surface area contributed by atoms with E-state index in [-0.39, 0.29) is 5.69 Å². The van der Waals surface area contributed by atoms with Gasteiger partial charge in [0.2, 0.25) is 0 Å². The van der Waals surface area contributed by atoms with E-state index in [1.807, 2.05) is 24.3 Å². The zero-order valence-corrected chi connectivity index (χ0v) is 10.4. The van der Waals surface area contributed by atoms with Crippen LogP contribution < -0.4 is 0 Å². The van der Waals surface area contributed by atoms with Crippen LogP contribution in [0.15, 0.2) is 42.7 Å². The predicted molar refractivity (Wildman–Crippen MR) is 75.9 cm³/mol.